The normalized spacial score (nSPS) is 11.0. The van der Waals surface area contributed by atoms with Crippen LogP contribution >= 0.6 is 11.3 Å². The summed E-state index contributed by atoms with van der Waals surface area (Å²) in [5, 5.41) is 0.788. The molecule has 6 heteroatoms. The standard InChI is InChI=1S/C30H26N2O3S/c1-17-5-14-23(18(2)15-17)28(33)29-27(31)26-24(19-6-10-21(34-3)11-7-19)16-25(32-30(26)36-29)20-8-12-22(35-4)13-9-20/h5-16H,31H2,1-4H3. The highest BCUT2D eigenvalue weighted by molar-refractivity contribution is 7.21. The lowest BCUT2D eigenvalue weighted by atomic mass is 9.97. The quantitative estimate of drug-likeness (QED) is 0.255. The van der Waals surface area contributed by atoms with Crippen LogP contribution in [-0.2, 0) is 0 Å². The van der Waals surface area contributed by atoms with Crippen LogP contribution in [0.25, 0.3) is 32.6 Å². The molecular formula is C30H26N2O3S. The average molecular weight is 495 g/mol. The minimum Gasteiger partial charge on any atom is -0.497 e. The van der Waals surface area contributed by atoms with Crippen LogP contribution in [-0.4, -0.2) is 25.0 Å². The monoisotopic (exact) mass is 494 g/mol. The number of hydrogen-bond acceptors (Lipinski definition) is 6. The van der Waals surface area contributed by atoms with Gasteiger partial charge in [0.15, 0.2) is 0 Å². The fraction of sp³-hybridized carbons (Fsp3) is 0.133. The van der Waals surface area contributed by atoms with Crippen LogP contribution in [0.1, 0.15) is 26.4 Å². The lowest BCUT2D eigenvalue weighted by molar-refractivity contribution is 0.104. The number of pyridine rings is 1. The second kappa shape index (κ2) is 9.47. The number of hydrogen-bond donors (Lipinski definition) is 1. The molecule has 0 aliphatic heterocycles. The molecule has 0 aliphatic rings. The maximum Gasteiger partial charge on any atom is 0.205 e. The number of ketones is 1. The van der Waals surface area contributed by atoms with E-state index >= 15 is 0 Å². The summed E-state index contributed by atoms with van der Waals surface area (Å²) in [6.45, 7) is 3.97. The third kappa shape index (κ3) is 4.20. The van der Waals surface area contributed by atoms with Gasteiger partial charge in [-0.05, 0) is 73.0 Å². The SMILES string of the molecule is COc1ccc(-c2cc(-c3ccc(OC)cc3)c3c(N)c(C(=O)c4ccc(C)cc4C)sc3n2)cc1. The highest BCUT2D eigenvalue weighted by atomic mass is 32.1. The van der Waals surface area contributed by atoms with Crippen molar-refractivity contribution in [3.8, 4) is 33.9 Å². The number of fused-ring (bicyclic) bond motifs is 1. The summed E-state index contributed by atoms with van der Waals surface area (Å²) in [6, 6.07) is 23.5. The first kappa shape index (κ1) is 23.6. The fourth-order valence-electron chi connectivity index (χ4n) is 4.39. The van der Waals surface area contributed by atoms with Crippen LogP contribution < -0.4 is 15.2 Å². The number of ether oxygens (including phenoxy) is 2. The van der Waals surface area contributed by atoms with Crippen molar-refractivity contribution in [1.29, 1.82) is 0 Å². The number of aryl methyl sites for hydroxylation is 2. The summed E-state index contributed by atoms with van der Waals surface area (Å²) in [6.07, 6.45) is 0. The third-order valence-corrected chi connectivity index (χ3v) is 7.42. The molecule has 180 valence electrons. The van der Waals surface area contributed by atoms with E-state index < -0.39 is 0 Å². The van der Waals surface area contributed by atoms with Gasteiger partial charge in [0.2, 0.25) is 5.78 Å². The van der Waals surface area contributed by atoms with E-state index in [2.05, 4.69) is 0 Å². The number of carbonyl (C=O) groups excluding carboxylic acids is 1. The van der Waals surface area contributed by atoms with Gasteiger partial charge in [0.1, 0.15) is 21.2 Å². The van der Waals surface area contributed by atoms with Gasteiger partial charge in [-0.2, -0.15) is 0 Å². The van der Waals surface area contributed by atoms with Gasteiger partial charge in [-0.25, -0.2) is 4.98 Å². The molecule has 0 spiro atoms. The molecule has 0 atom stereocenters. The van der Waals surface area contributed by atoms with Gasteiger partial charge < -0.3 is 15.2 Å². The van der Waals surface area contributed by atoms with Crippen LogP contribution in [0.4, 0.5) is 5.69 Å². The average Bonchev–Trinajstić information content (AvgIpc) is 3.24. The van der Waals surface area contributed by atoms with Gasteiger partial charge in [-0.1, -0.05) is 35.9 Å². The first-order valence-corrected chi connectivity index (χ1v) is 12.3. The predicted molar refractivity (Wildman–Crippen MR) is 147 cm³/mol. The molecule has 5 aromatic rings. The van der Waals surface area contributed by atoms with E-state index in [1.54, 1.807) is 14.2 Å². The van der Waals surface area contributed by atoms with Crippen LogP contribution in [0.2, 0.25) is 0 Å². The van der Waals surface area contributed by atoms with Gasteiger partial charge in [-0.3, -0.25) is 4.79 Å². The Bertz CT molecular complexity index is 1590. The number of anilines is 1. The van der Waals surface area contributed by atoms with Gasteiger partial charge in [0.25, 0.3) is 0 Å². The zero-order chi connectivity index (χ0) is 25.4. The Morgan fingerprint density at radius 3 is 2.03 bits per heavy atom. The van der Waals surface area contributed by atoms with Crippen molar-refractivity contribution < 1.29 is 14.3 Å². The minimum atomic E-state index is -0.0836. The second-order valence-electron chi connectivity index (χ2n) is 8.68. The van der Waals surface area contributed by atoms with E-state index in [1.807, 2.05) is 86.6 Å². The number of nitrogen functional groups attached to an aromatic ring is 1. The molecule has 5 nitrogen and oxygen atoms in total. The van der Waals surface area contributed by atoms with Crippen molar-refractivity contribution in [2.24, 2.45) is 0 Å². The smallest absolute Gasteiger partial charge is 0.205 e. The first-order valence-electron chi connectivity index (χ1n) is 11.5. The summed E-state index contributed by atoms with van der Waals surface area (Å²) in [4.78, 5) is 19.8. The predicted octanol–water partition coefficient (Wildman–Crippen LogP) is 7.08. The van der Waals surface area contributed by atoms with E-state index in [0.29, 0.717) is 16.1 Å². The lowest BCUT2D eigenvalue weighted by Gasteiger charge is -2.10. The van der Waals surface area contributed by atoms with Crippen LogP contribution in [0.15, 0.2) is 72.8 Å². The molecule has 2 aromatic heterocycles. The molecule has 0 aliphatic carbocycles. The number of benzene rings is 3. The first-order chi connectivity index (χ1) is 17.4. The number of nitrogens with two attached hydrogens (primary N) is 1. The lowest BCUT2D eigenvalue weighted by Crippen LogP contribution is -2.04. The number of nitrogens with zero attached hydrogens (tertiary/aromatic N) is 1. The molecular weight excluding hydrogens is 468 g/mol. The van der Waals surface area contributed by atoms with Gasteiger partial charge in [-0.15, -0.1) is 11.3 Å². The Balaban J connectivity index is 1.72. The number of carbonyl (C=O) groups is 1. The van der Waals surface area contributed by atoms with Crippen molar-refractivity contribution in [2.45, 2.75) is 13.8 Å². The van der Waals surface area contributed by atoms with Crippen molar-refractivity contribution in [3.05, 3.63) is 94.4 Å². The maximum absolute atomic E-state index is 13.6. The van der Waals surface area contributed by atoms with Crippen molar-refractivity contribution in [2.75, 3.05) is 20.0 Å². The Morgan fingerprint density at radius 1 is 0.833 bits per heavy atom. The largest absolute Gasteiger partial charge is 0.497 e. The van der Waals surface area contributed by atoms with E-state index in [9.17, 15) is 4.79 Å². The fourth-order valence-corrected chi connectivity index (χ4v) is 5.46. The Kier molecular flexibility index (Phi) is 6.20. The van der Waals surface area contributed by atoms with Crippen molar-refractivity contribution in [3.63, 3.8) is 0 Å². The van der Waals surface area contributed by atoms with E-state index in [1.165, 1.54) is 11.3 Å². The third-order valence-electron chi connectivity index (χ3n) is 6.32. The summed E-state index contributed by atoms with van der Waals surface area (Å²) >= 11 is 1.34. The summed E-state index contributed by atoms with van der Waals surface area (Å²) in [7, 11) is 3.28. The zero-order valence-electron chi connectivity index (χ0n) is 20.6. The van der Waals surface area contributed by atoms with Crippen molar-refractivity contribution >= 4 is 33.0 Å². The molecule has 0 unspecified atom stereocenters. The van der Waals surface area contributed by atoms with Gasteiger partial charge in [0.05, 0.1) is 25.6 Å². The maximum atomic E-state index is 13.6. The molecule has 3 aromatic carbocycles. The van der Waals surface area contributed by atoms with Crippen molar-refractivity contribution in [1.82, 2.24) is 4.98 Å². The number of rotatable bonds is 6. The molecule has 0 fully saturated rings. The van der Waals surface area contributed by atoms with Crippen LogP contribution in [0.5, 0.6) is 11.5 Å². The van der Waals surface area contributed by atoms with E-state index in [4.69, 9.17) is 20.2 Å². The van der Waals surface area contributed by atoms with Crippen LogP contribution in [0.3, 0.4) is 0 Å². The molecule has 0 radical (unpaired) electrons. The molecule has 2 N–H and O–H groups in total. The summed E-state index contributed by atoms with van der Waals surface area (Å²) in [5.74, 6) is 1.46. The van der Waals surface area contributed by atoms with E-state index in [-0.39, 0.29) is 5.78 Å². The second-order valence-corrected chi connectivity index (χ2v) is 9.68. The van der Waals surface area contributed by atoms with E-state index in [0.717, 1.165) is 55.2 Å². The van der Waals surface area contributed by atoms with Gasteiger partial charge >= 0.3 is 0 Å². The minimum absolute atomic E-state index is 0.0836. The molecule has 5 rings (SSSR count). The highest BCUT2D eigenvalue weighted by Gasteiger charge is 2.23. The number of aromatic nitrogens is 1. The number of methoxy groups -OCH3 is 2. The Morgan fingerprint density at radius 2 is 1.44 bits per heavy atom. The number of thiophene rings is 1. The van der Waals surface area contributed by atoms with Crippen LogP contribution in [0, 0.1) is 13.8 Å². The summed E-state index contributed by atoms with van der Waals surface area (Å²) in [5.41, 5.74) is 13.5. The Labute approximate surface area is 214 Å². The summed E-state index contributed by atoms with van der Waals surface area (Å²) < 4.78 is 10.7. The van der Waals surface area contributed by atoms with Gasteiger partial charge in [0, 0.05) is 16.5 Å². The molecule has 0 saturated carbocycles. The Hall–Kier alpha value is -4.16. The highest BCUT2D eigenvalue weighted by Crippen LogP contribution is 2.42. The zero-order valence-corrected chi connectivity index (χ0v) is 21.4. The molecule has 0 saturated heterocycles. The molecule has 0 amide bonds. The molecule has 36 heavy (non-hydrogen) atoms. The molecule has 0 bridgehead atoms. The topological polar surface area (TPSA) is 74.4 Å². The molecule has 2 heterocycles.